The average Bonchev–Trinajstić information content (AvgIpc) is 3.41. The minimum atomic E-state index is -4.38. The predicted molar refractivity (Wildman–Crippen MR) is 177 cm³/mol. The molecule has 0 aromatic rings. The largest absolute Gasteiger partial charge is 0.469 e. The Morgan fingerprint density at radius 1 is 0.800 bits per heavy atom. The zero-order valence-electron chi connectivity index (χ0n) is 26.1. The first-order chi connectivity index (χ1) is 21.7. The summed E-state index contributed by atoms with van der Waals surface area (Å²) in [5.74, 6) is 1.24. The Bertz CT molecular complexity index is 810. The van der Waals surface area contributed by atoms with E-state index in [0.717, 1.165) is 32.1 Å². The predicted octanol–water partition coefficient (Wildman–Crippen LogP) is 1.49. The lowest BCUT2D eigenvalue weighted by Crippen LogP contribution is -2.27. The van der Waals surface area contributed by atoms with Crippen molar-refractivity contribution < 1.29 is 61.4 Å². The van der Waals surface area contributed by atoms with Gasteiger partial charge in [0.15, 0.2) is 0 Å². The second-order valence-corrected chi connectivity index (χ2v) is 14.9. The van der Waals surface area contributed by atoms with Gasteiger partial charge in [-0.25, -0.2) is 4.57 Å². The summed E-state index contributed by atoms with van der Waals surface area (Å²) in [6, 6.07) is 0.240. The molecule has 20 heteroatoms. The Morgan fingerprint density at radius 2 is 1.38 bits per heavy atom. The van der Waals surface area contributed by atoms with Gasteiger partial charge in [-0.1, -0.05) is 34.4 Å². The van der Waals surface area contributed by atoms with Crippen molar-refractivity contribution in [3.8, 4) is 0 Å². The van der Waals surface area contributed by atoms with Gasteiger partial charge in [-0.3, -0.25) is 14.1 Å². The van der Waals surface area contributed by atoms with Crippen LogP contribution >= 0.6 is 38.0 Å². The maximum atomic E-state index is 11.9. The molecule has 5 N–H and O–H groups in total. The molecule has 1 saturated heterocycles. The zero-order valence-corrected chi connectivity index (χ0v) is 29.6. The molecule has 0 aliphatic carbocycles. The van der Waals surface area contributed by atoms with Crippen LogP contribution < -0.4 is 10.6 Å². The highest BCUT2D eigenvalue weighted by Gasteiger charge is 2.23. The molecule has 0 aromatic heterocycles. The first kappa shape index (κ1) is 43.0. The number of phosphoric acid groups is 1. The van der Waals surface area contributed by atoms with Crippen molar-refractivity contribution in [3.63, 3.8) is 0 Å². The number of amides is 2. The number of unbranched alkanes of at least 4 members (excludes halogenated alkanes) is 3. The molecule has 3 atom stereocenters. The van der Waals surface area contributed by atoms with Gasteiger partial charge in [-0.2, -0.15) is 0 Å². The van der Waals surface area contributed by atoms with E-state index in [4.69, 9.17) is 37.8 Å². The van der Waals surface area contributed by atoms with Crippen molar-refractivity contribution in [1.82, 2.24) is 10.6 Å². The normalized spacial score (nSPS) is 17.4. The summed E-state index contributed by atoms with van der Waals surface area (Å²) in [4.78, 5) is 50.7. The lowest BCUT2D eigenvalue weighted by atomic mass is 9.97. The molecule has 45 heavy (non-hydrogen) atoms. The molecule has 1 rings (SSSR count). The van der Waals surface area contributed by atoms with Crippen LogP contribution in [-0.4, -0.2) is 131 Å². The Hall–Kier alpha value is -0.0351. The number of ether oxygens (including phenoxy) is 4. The third-order valence-electron chi connectivity index (χ3n) is 5.99. The number of hydrogen-bond acceptors (Lipinski definition) is 13. The van der Waals surface area contributed by atoms with E-state index in [1.807, 2.05) is 7.85 Å². The van der Waals surface area contributed by atoms with Crippen LogP contribution in [0, 0.1) is 0 Å². The number of hydrogen-bond donors (Lipinski definition) is 5. The van der Waals surface area contributed by atoms with Gasteiger partial charge in [0.2, 0.25) is 11.8 Å². The van der Waals surface area contributed by atoms with E-state index in [0.29, 0.717) is 90.1 Å². The second kappa shape index (κ2) is 28.9. The molecule has 0 radical (unpaired) electrons. The van der Waals surface area contributed by atoms with E-state index in [1.165, 1.54) is 0 Å². The van der Waals surface area contributed by atoms with Gasteiger partial charge >= 0.3 is 16.4 Å². The zero-order chi connectivity index (χ0) is 33.0. The highest BCUT2D eigenvalue weighted by molar-refractivity contribution is 8.76. The number of carbonyl (C=O) groups excluding carboxylic acids is 2. The molecular weight excluding hydrogens is 673 g/mol. The number of nitrogens with one attached hydrogen (secondary N) is 2. The van der Waals surface area contributed by atoms with Crippen LogP contribution in [0.4, 0.5) is 0 Å². The summed E-state index contributed by atoms with van der Waals surface area (Å²) in [5, 5.41) is 5.66. The van der Waals surface area contributed by atoms with Gasteiger partial charge in [0.05, 0.1) is 65.6 Å². The van der Waals surface area contributed by atoms with E-state index < -0.39 is 16.4 Å². The Morgan fingerprint density at radius 3 is 1.98 bits per heavy atom. The first-order valence-corrected chi connectivity index (χ1v) is 20.4. The average molecular weight is 725 g/mol. The molecule has 264 valence electrons. The molecule has 0 aromatic carbocycles. The summed E-state index contributed by atoms with van der Waals surface area (Å²) in [7, 11) is -1.18. The van der Waals surface area contributed by atoms with Crippen LogP contribution in [0.25, 0.3) is 0 Å². The van der Waals surface area contributed by atoms with Gasteiger partial charge in [-0.15, -0.1) is 0 Å². The molecule has 2 amide bonds. The molecule has 3 unspecified atom stereocenters. The third kappa shape index (κ3) is 29.8. The first-order valence-electron chi connectivity index (χ1n) is 15.3. The van der Waals surface area contributed by atoms with Gasteiger partial charge in [-0.05, 0) is 25.7 Å². The Labute approximate surface area is 276 Å². The minimum absolute atomic E-state index is 0.0190. The monoisotopic (exact) mass is 724 g/mol. The molecule has 0 bridgehead atoms. The van der Waals surface area contributed by atoms with Crippen LogP contribution in [0.5, 0.6) is 0 Å². The SMILES string of the molecule is BC1CCC(COP(O)OCCOCCOCCOCCNC(=O)CCSSCCC(=O)NCCCCCCOP(=O)(O)O)O1. The van der Waals surface area contributed by atoms with Gasteiger partial charge in [0.1, 0.15) is 7.85 Å². The molecule has 1 aliphatic rings. The molecule has 0 saturated carbocycles. The molecule has 15 nitrogen and oxygen atoms in total. The van der Waals surface area contributed by atoms with Crippen molar-refractivity contribution in [2.75, 3.05) is 84.1 Å². The summed E-state index contributed by atoms with van der Waals surface area (Å²) in [5.41, 5.74) is 0. The van der Waals surface area contributed by atoms with Crippen LogP contribution in [-0.2, 0) is 46.7 Å². The molecule has 1 aliphatic heterocycles. The summed E-state index contributed by atoms with van der Waals surface area (Å²) < 4.78 is 47.3. The molecule has 1 heterocycles. The summed E-state index contributed by atoms with van der Waals surface area (Å²) in [6.45, 7) is 3.91. The van der Waals surface area contributed by atoms with E-state index in [1.54, 1.807) is 21.6 Å². The number of rotatable bonds is 31. The quantitative estimate of drug-likeness (QED) is 0.0298. The van der Waals surface area contributed by atoms with Crippen LogP contribution in [0.2, 0.25) is 0 Å². The van der Waals surface area contributed by atoms with Crippen LogP contribution in [0.15, 0.2) is 0 Å². The van der Waals surface area contributed by atoms with E-state index in [2.05, 4.69) is 15.2 Å². The standard InChI is InChI=1S/C25H51BN2O13P2S2/c26-23-6-5-22(41-23)21-39-42(31)38-18-17-37-16-15-36-14-13-35-12-10-28-25(30)8-20-45-44-19-7-24(29)27-9-3-1-2-4-11-40-43(32,33)34/h22-23,31H,1-21,26H2,(H,27,29)(H,28,30)(H2,32,33,34). The minimum Gasteiger partial charge on any atom is -0.382 e. The van der Waals surface area contributed by atoms with Gasteiger partial charge < -0.3 is 53.3 Å². The van der Waals surface area contributed by atoms with E-state index >= 15 is 0 Å². The molecular formula is C25H51BN2O13P2S2. The van der Waals surface area contributed by atoms with Crippen molar-refractivity contribution in [2.24, 2.45) is 0 Å². The van der Waals surface area contributed by atoms with Crippen molar-refractivity contribution in [2.45, 2.75) is 63.5 Å². The summed E-state index contributed by atoms with van der Waals surface area (Å²) in [6.07, 6.45) is 5.72. The smallest absolute Gasteiger partial charge is 0.382 e. The molecule has 1 fully saturated rings. The number of phosphoric ester groups is 1. The maximum Gasteiger partial charge on any atom is 0.469 e. The van der Waals surface area contributed by atoms with E-state index in [-0.39, 0.29) is 37.1 Å². The Balaban J connectivity index is 1.75. The highest BCUT2D eigenvalue weighted by atomic mass is 33.1. The second-order valence-electron chi connectivity index (χ2n) is 9.93. The molecule has 0 spiro atoms. The fourth-order valence-electron chi connectivity index (χ4n) is 3.73. The van der Waals surface area contributed by atoms with Gasteiger partial charge in [0.25, 0.3) is 0 Å². The number of carbonyl (C=O) groups is 2. The van der Waals surface area contributed by atoms with Crippen molar-refractivity contribution in [3.05, 3.63) is 0 Å². The van der Waals surface area contributed by atoms with Crippen molar-refractivity contribution >= 4 is 57.7 Å². The maximum absolute atomic E-state index is 11.9. The van der Waals surface area contributed by atoms with Crippen LogP contribution in [0.3, 0.4) is 0 Å². The van der Waals surface area contributed by atoms with E-state index in [9.17, 15) is 19.0 Å². The van der Waals surface area contributed by atoms with Crippen molar-refractivity contribution in [1.29, 1.82) is 0 Å². The Kier molecular flexibility index (Phi) is 27.6. The fraction of sp³-hybridized carbons (Fsp3) is 0.920. The van der Waals surface area contributed by atoms with Gasteiger partial charge in [0, 0.05) is 43.4 Å². The highest BCUT2D eigenvalue weighted by Crippen LogP contribution is 2.36. The third-order valence-corrected chi connectivity index (χ3v) is 9.69. The topological polar surface area (TPSA) is 201 Å². The lowest BCUT2D eigenvalue weighted by Gasteiger charge is -2.14. The fourth-order valence-corrected chi connectivity index (χ4v) is 6.67. The van der Waals surface area contributed by atoms with Crippen LogP contribution in [0.1, 0.15) is 51.4 Å². The lowest BCUT2D eigenvalue weighted by molar-refractivity contribution is -0.121. The summed E-state index contributed by atoms with van der Waals surface area (Å²) >= 11 is 0.